The topological polar surface area (TPSA) is 56.8 Å². The standard InChI is InChI=1S/C21H27ClN4O2S/c22-19-6-4-18(5-7-19)17-24-10-3-11-25(15-14-24)21-9-8-20(16-23-21)29(27,28)26-12-1-2-13-26/h4-9,16H,1-3,10-15,17H2. The molecule has 6 nitrogen and oxygen atoms in total. The van der Waals surface area contributed by atoms with Gasteiger partial charge in [-0.3, -0.25) is 4.90 Å². The number of sulfonamides is 1. The molecule has 29 heavy (non-hydrogen) atoms. The van der Waals surface area contributed by atoms with Gasteiger partial charge in [-0.25, -0.2) is 13.4 Å². The first-order valence-electron chi connectivity index (χ1n) is 10.2. The summed E-state index contributed by atoms with van der Waals surface area (Å²) < 4.78 is 26.9. The summed E-state index contributed by atoms with van der Waals surface area (Å²) in [5, 5.41) is 0.761. The average Bonchev–Trinajstić information content (AvgIpc) is 3.18. The van der Waals surface area contributed by atoms with Gasteiger partial charge in [-0.2, -0.15) is 4.31 Å². The Labute approximate surface area is 178 Å². The summed E-state index contributed by atoms with van der Waals surface area (Å²) in [4.78, 5) is 9.47. The molecular formula is C21H27ClN4O2S. The minimum Gasteiger partial charge on any atom is -0.355 e. The third kappa shape index (κ3) is 4.91. The first kappa shape index (κ1) is 20.6. The molecule has 0 aliphatic carbocycles. The van der Waals surface area contributed by atoms with Crippen LogP contribution in [0.4, 0.5) is 5.82 Å². The number of hydrogen-bond donors (Lipinski definition) is 0. The summed E-state index contributed by atoms with van der Waals surface area (Å²) in [7, 11) is -3.41. The van der Waals surface area contributed by atoms with E-state index < -0.39 is 10.0 Å². The first-order chi connectivity index (χ1) is 14.0. The Morgan fingerprint density at radius 1 is 0.862 bits per heavy atom. The number of anilines is 1. The third-order valence-electron chi connectivity index (χ3n) is 5.66. The van der Waals surface area contributed by atoms with Crippen molar-refractivity contribution < 1.29 is 8.42 Å². The molecule has 156 valence electrons. The lowest BCUT2D eigenvalue weighted by atomic mass is 10.2. The van der Waals surface area contributed by atoms with Gasteiger partial charge in [0.2, 0.25) is 10.0 Å². The molecular weight excluding hydrogens is 408 g/mol. The van der Waals surface area contributed by atoms with Crippen LogP contribution in [0.5, 0.6) is 0 Å². The van der Waals surface area contributed by atoms with Gasteiger partial charge < -0.3 is 4.90 Å². The zero-order chi connectivity index (χ0) is 20.3. The highest BCUT2D eigenvalue weighted by atomic mass is 35.5. The summed E-state index contributed by atoms with van der Waals surface area (Å²) in [5.74, 6) is 0.846. The molecule has 2 aromatic rings. The molecule has 0 spiro atoms. The second-order valence-electron chi connectivity index (χ2n) is 7.71. The highest BCUT2D eigenvalue weighted by molar-refractivity contribution is 7.89. The molecule has 3 heterocycles. The van der Waals surface area contributed by atoms with Crippen LogP contribution in [0.3, 0.4) is 0 Å². The van der Waals surface area contributed by atoms with E-state index in [1.807, 2.05) is 18.2 Å². The van der Waals surface area contributed by atoms with Crippen LogP contribution >= 0.6 is 11.6 Å². The van der Waals surface area contributed by atoms with Crippen molar-refractivity contribution in [1.29, 1.82) is 0 Å². The Morgan fingerprint density at radius 3 is 2.31 bits per heavy atom. The van der Waals surface area contributed by atoms with E-state index in [-0.39, 0.29) is 0 Å². The van der Waals surface area contributed by atoms with Crippen LogP contribution in [0.15, 0.2) is 47.5 Å². The Kier molecular flexibility index (Phi) is 6.39. The molecule has 0 atom stereocenters. The van der Waals surface area contributed by atoms with Gasteiger partial charge in [-0.1, -0.05) is 23.7 Å². The summed E-state index contributed by atoms with van der Waals surface area (Å²) in [6.07, 6.45) is 4.43. The van der Waals surface area contributed by atoms with Gasteiger partial charge in [0, 0.05) is 57.0 Å². The van der Waals surface area contributed by atoms with E-state index in [4.69, 9.17) is 11.6 Å². The molecule has 0 bridgehead atoms. The molecule has 2 fully saturated rings. The van der Waals surface area contributed by atoms with Gasteiger partial charge in [0.25, 0.3) is 0 Å². The predicted octanol–water partition coefficient (Wildman–Crippen LogP) is 3.23. The molecule has 4 rings (SSSR count). The van der Waals surface area contributed by atoms with E-state index in [2.05, 4.69) is 26.9 Å². The maximum Gasteiger partial charge on any atom is 0.244 e. The lowest BCUT2D eigenvalue weighted by Gasteiger charge is -2.23. The largest absolute Gasteiger partial charge is 0.355 e. The molecule has 0 amide bonds. The number of rotatable bonds is 5. The molecule has 1 aromatic carbocycles. The van der Waals surface area contributed by atoms with Crippen molar-refractivity contribution in [2.45, 2.75) is 30.7 Å². The monoisotopic (exact) mass is 434 g/mol. The number of nitrogens with zero attached hydrogens (tertiary/aromatic N) is 4. The molecule has 1 aromatic heterocycles. The number of aromatic nitrogens is 1. The van der Waals surface area contributed by atoms with Crippen molar-refractivity contribution in [2.24, 2.45) is 0 Å². The van der Waals surface area contributed by atoms with Gasteiger partial charge >= 0.3 is 0 Å². The van der Waals surface area contributed by atoms with Crippen LogP contribution in [0, 0.1) is 0 Å². The van der Waals surface area contributed by atoms with Crippen LogP contribution < -0.4 is 4.90 Å². The minimum absolute atomic E-state index is 0.294. The van der Waals surface area contributed by atoms with Crippen molar-refractivity contribution in [3.05, 3.63) is 53.2 Å². The van der Waals surface area contributed by atoms with Gasteiger partial charge in [-0.05, 0) is 49.1 Å². The van der Waals surface area contributed by atoms with E-state index >= 15 is 0 Å². The van der Waals surface area contributed by atoms with Crippen LogP contribution in [-0.2, 0) is 16.6 Å². The number of pyridine rings is 1. The quantitative estimate of drug-likeness (QED) is 0.723. The fraction of sp³-hybridized carbons (Fsp3) is 0.476. The zero-order valence-corrected chi connectivity index (χ0v) is 18.1. The molecule has 0 N–H and O–H groups in total. The highest BCUT2D eigenvalue weighted by Gasteiger charge is 2.27. The predicted molar refractivity (Wildman–Crippen MR) is 116 cm³/mol. The molecule has 0 unspecified atom stereocenters. The lowest BCUT2D eigenvalue weighted by molar-refractivity contribution is 0.285. The molecule has 0 radical (unpaired) electrons. The van der Waals surface area contributed by atoms with Crippen LogP contribution in [0.1, 0.15) is 24.8 Å². The summed E-state index contributed by atoms with van der Waals surface area (Å²) in [5.41, 5.74) is 1.26. The van der Waals surface area contributed by atoms with Crippen molar-refractivity contribution in [2.75, 3.05) is 44.2 Å². The van der Waals surface area contributed by atoms with E-state index in [1.54, 1.807) is 10.4 Å². The summed E-state index contributed by atoms with van der Waals surface area (Å²) in [6.45, 7) is 5.89. The number of hydrogen-bond acceptors (Lipinski definition) is 5. The second kappa shape index (κ2) is 9.00. The van der Waals surface area contributed by atoms with Gasteiger partial charge in [0.05, 0.1) is 0 Å². The SMILES string of the molecule is O=S(=O)(c1ccc(N2CCCN(Cc3ccc(Cl)cc3)CC2)nc1)N1CCCC1. The highest BCUT2D eigenvalue weighted by Crippen LogP contribution is 2.22. The fourth-order valence-electron chi connectivity index (χ4n) is 4.00. The summed E-state index contributed by atoms with van der Waals surface area (Å²) >= 11 is 5.98. The Balaban J connectivity index is 1.38. The smallest absolute Gasteiger partial charge is 0.244 e. The maximum atomic E-state index is 12.7. The average molecular weight is 435 g/mol. The third-order valence-corrected chi connectivity index (χ3v) is 7.79. The number of halogens is 1. The van der Waals surface area contributed by atoms with Crippen LogP contribution in [0.2, 0.25) is 5.02 Å². The second-order valence-corrected chi connectivity index (χ2v) is 10.1. The molecule has 2 saturated heterocycles. The van der Waals surface area contributed by atoms with E-state index in [9.17, 15) is 8.42 Å². The van der Waals surface area contributed by atoms with Crippen LogP contribution in [0.25, 0.3) is 0 Å². The van der Waals surface area contributed by atoms with Crippen molar-refractivity contribution in [3.63, 3.8) is 0 Å². The van der Waals surface area contributed by atoms with Gasteiger partial charge in [-0.15, -0.1) is 0 Å². The maximum absolute atomic E-state index is 12.7. The molecule has 2 aliphatic heterocycles. The Morgan fingerprint density at radius 2 is 1.62 bits per heavy atom. The Bertz CT molecular complexity index is 913. The van der Waals surface area contributed by atoms with Crippen molar-refractivity contribution >= 4 is 27.4 Å². The minimum atomic E-state index is -3.41. The zero-order valence-electron chi connectivity index (χ0n) is 16.5. The lowest BCUT2D eigenvalue weighted by Crippen LogP contribution is -2.31. The van der Waals surface area contributed by atoms with Crippen molar-refractivity contribution in [1.82, 2.24) is 14.2 Å². The van der Waals surface area contributed by atoms with Crippen LogP contribution in [-0.4, -0.2) is 61.9 Å². The normalized spacial score (nSPS) is 19.4. The van der Waals surface area contributed by atoms with E-state index in [0.29, 0.717) is 18.0 Å². The van der Waals surface area contributed by atoms with E-state index in [1.165, 1.54) is 11.8 Å². The van der Waals surface area contributed by atoms with Gasteiger partial charge in [0.1, 0.15) is 10.7 Å². The Hall–Kier alpha value is -1.67. The van der Waals surface area contributed by atoms with Gasteiger partial charge in [0.15, 0.2) is 0 Å². The summed E-state index contributed by atoms with van der Waals surface area (Å²) in [6, 6.07) is 11.6. The first-order valence-corrected chi connectivity index (χ1v) is 12.0. The molecule has 8 heteroatoms. The van der Waals surface area contributed by atoms with E-state index in [0.717, 1.165) is 62.8 Å². The molecule has 2 aliphatic rings. The number of benzene rings is 1. The molecule has 0 saturated carbocycles. The van der Waals surface area contributed by atoms with Crippen molar-refractivity contribution in [3.8, 4) is 0 Å². The fourth-order valence-corrected chi connectivity index (χ4v) is 5.58.